The number of carbonyl (C=O) groups excluding carboxylic acids is 2. The standard InChI is InChI=1S/C13H17N3O4.2ClH.Fe/c1-4-19-12(17)14-8-10-6-7-11(16(10)3)9-15-13(18)20-5-2;;;/h6-9H,4-5H2,1-3H3;2*1H;/q;;;+2/p-2/b14-8+,15-9+;;;. The van der Waals surface area contributed by atoms with E-state index in [4.69, 9.17) is 20.2 Å². The Balaban J connectivity index is 0.00000149. The van der Waals surface area contributed by atoms with Crippen LogP contribution >= 0.6 is 20.2 Å². The van der Waals surface area contributed by atoms with Crippen LogP contribution in [0.3, 0.4) is 0 Å². The normalized spacial score (nSPS) is 10.7. The van der Waals surface area contributed by atoms with E-state index in [1.54, 1.807) is 37.6 Å². The average Bonchev–Trinajstić information content (AvgIpc) is 2.85. The number of ether oxygens (including phenoxy) is 2. The molecule has 0 saturated carbocycles. The van der Waals surface area contributed by atoms with Gasteiger partial charge in [-0.25, -0.2) is 9.59 Å². The molecule has 1 aromatic rings. The van der Waals surface area contributed by atoms with Gasteiger partial charge >= 0.3 is 45.5 Å². The van der Waals surface area contributed by atoms with Gasteiger partial charge in [0.15, 0.2) is 0 Å². The fourth-order valence-electron chi connectivity index (χ4n) is 1.36. The second-order valence-electron chi connectivity index (χ2n) is 3.71. The topological polar surface area (TPSA) is 82.2 Å². The summed E-state index contributed by atoms with van der Waals surface area (Å²) in [5.41, 5.74) is 1.37. The second-order valence-corrected chi connectivity index (χ2v) is 5.53. The third-order valence-electron chi connectivity index (χ3n) is 2.34. The van der Waals surface area contributed by atoms with Crippen molar-refractivity contribution < 1.29 is 32.2 Å². The van der Waals surface area contributed by atoms with Crippen molar-refractivity contribution in [1.29, 1.82) is 0 Å². The Morgan fingerprint density at radius 2 is 1.43 bits per heavy atom. The Morgan fingerprint density at radius 1 is 1.09 bits per heavy atom. The summed E-state index contributed by atoms with van der Waals surface area (Å²) in [6, 6.07) is 3.49. The predicted molar refractivity (Wildman–Crippen MR) is 86.4 cm³/mol. The van der Waals surface area contributed by atoms with Gasteiger partial charge in [0.05, 0.1) is 37.0 Å². The maximum atomic E-state index is 11.1. The number of nitrogens with zero attached hydrogens (tertiary/aromatic N) is 3. The molecule has 1 heterocycles. The van der Waals surface area contributed by atoms with Gasteiger partial charge in [-0.1, -0.05) is 0 Å². The Morgan fingerprint density at radius 3 is 1.74 bits per heavy atom. The molecule has 0 aliphatic rings. The van der Waals surface area contributed by atoms with E-state index in [2.05, 4.69) is 19.5 Å². The molecule has 0 bridgehead atoms. The van der Waals surface area contributed by atoms with Gasteiger partial charge in [0.1, 0.15) is 0 Å². The zero-order chi connectivity index (χ0) is 17.7. The monoisotopic (exact) mass is 405 g/mol. The molecule has 0 atom stereocenters. The van der Waals surface area contributed by atoms with E-state index < -0.39 is 12.2 Å². The molecular formula is C13H17Cl2FeN3O4. The maximum absolute atomic E-state index is 11.1. The quantitative estimate of drug-likeness (QED) is 0.566. The molecule has 10 heteroatoms. The molecule has 23 heavy (non-hydrogen) atoms. The van der Waals surface area contributed by atoms with Gasteiger partial charge in [-0.05, 0) is 26.0 Å². The van der Waals surface area contributed by atoms with Gasteiger partial charge in [0.2, 0.25) is 0 Å². The number of aliphatic imine (C=N–C) groups is 2. The number of carbonyl (C=O) groups is 2. The molecule has 0 N–H and O–H groups in total. The van der Waals surface area contributed by atoms with E-state index >= 15 is 0 Å². The molecule has 2 amide bonds. The summed E-state index contributed by atoms with van der Waals surface area (Å²) in [6.07, 6.45) is 1.49. The Labute approximate surface area is 149 Å². The summed E-state index contributed by atoms with van der Waals surface area (Å²) in [5, 5.41) is 0. The number of hydrogen-bond acceptors (Lipinski definition) is 4. The summed E-state index contributed by atoms with van der Waals surface area (Å²) in [4.78, 5) is 29.5. The summed E-state index contributed by atoms with van der Waals surface area (Å²) in [6.45, 7) is 3.97. The van der Waals surface area contributed by atoms with Crippen LogP contribution in [-0.2, 0) is 29.7 Å². The van der Waals surface area contributed by atoms with Crippen molar-refractivity contribution in [3.05, 3.63) is 23.5 Å². The van der Waals surface area contributed by atoms with Crippen molar-refractivity contribution in [3.63, 3.8) is 0 Å². The van der Waals surface area contributed by atoms with Gasteiger partial charge in [0, 0.05) is 7.05 Å². The summed E-state index contributed by atoms with van der Waals surface area (Å²) < 4.78 is 11.1. The third-order valence-corrected chi connectivity index (χ3v) is 2.34. The van der Waals surface area contributed by atoms with Gasteiger partial charge in [-0.15, -0.1) is 0 Å². The molecule has 0 spiro atoms. The number of aromatic nitrogens is 1. The van der Waals surface area contributed by atoms with E-state index in [1.807, 2.05) is 0 Å². The van der Waals surface area contributed by atoms with Crippen LogP contribution in [0.25, 0.3) is 0 Å². The van der Waals surface area contributed by atoms with E-state index in [0.717, 1.165) is 0 Å². The Hall–Kier alpha value is -1.34. The van der Waals surface area contributed by atoms with Crippen LogP contribution in [0.15, 0.2) is 22.1 Å². The fraction of sp³-hybridized carbons (Fsp3) is 0.385. The fourth-order valence-corrected chi connectivity index (χ4v) is 1.36. The molecule has 0 saturated heterocycles. The Bertz CT molecular complexity index is 516. The van der Waals surface area contributed by atoms with E-state index in [1.165, 1.54) is 12.4 Å². The van der Waals surface area contributed by atoms with Gasteiger partial charge in [-0.3, -0.25) is 0 Å². The van der Waals surface area contributed by atoms with Crippen LogP contribution in [0.2, 0.25) is 0 Å². The van der Waals surface area contributed by atoms with Crippen molar-refractivity contribution in [2.24, 2.45) is 17.0 Å². The first-order chi connectivity index (χ1) is 11.0. The zero-order valence-electron chi connectivity index (χ0n) is 12.8. The number of amides is 2. The van der Waals surface area contributed by atoms with Crippen LogP contribution in [0, 0.1) is 0 Å². The molecule has 130 valence electrons. The van der Waals surface area contributed by atoms with Gasteiger partial charge < -0.3 is 14.0 Å². The minimum absolute atomic E-state index is 0.194. The molecular weight excluding hydrogens is 389 g/mol. The summed E-state index contributed by atoms with van der Waals surface area (Å²) >= 11 is 0.194. The first-order valence-corrected chi connectivity index (χ1v) is 9.46. The number of rotatable bonds is 4. The van der Waals surface area contributed by atoms with Gasteiger partial charge in [-0.2, -0.15) is 9.98 Å². The summed E-state index contributed by atoms with van der Waals surface area (Å²) in [7, 11) is 11.3. The van der Waals surface area contributed by atoms with E-state index in [0.29, 0.717) is 11.4 Å². The molecule has 0 aromatic carbocycles. The van der Waals surface area contributed by atoms with Crippen LogP contribution in [0.4, 0.5) is 9.59 Å². The van der Waals surface area contributed by atoms with E-state index in [-0.39, 0.29) is 26.3 Å². The van der Waals surface area contributed by atoms with Crippen molar-refractivity contribution in [1.82, 2.24) is 4.57 Å². The Kier molecular flexibility index (Phi) is 12.4. The SMILES string of the molecule is CCOC(=O)/N=C/c1ccc(/C=N/C(=O)OCC)n1C.[Cl][Fe][Cl]. The molecule has 0 aliphatic heterocycles. The molecule has 1 aromatic heterocycles. The van der Waals surface area contributed by atoms with Crippen molar-refractivity contribution >= 4 is 44.8 Å². The van der Waals surface area contributed by atoms with Crippen molar-refractivity contribution in [3.8, 4) is 0 Å². The molecule has 7 nitrogen and oxygen atoms in total. The van der Waals surface area contributed by atoms with E-state index in [9.17, 15) is 9.59 Å². The third kappa shape index (κ3) is 9.40. The van der Waals surface area contributed by atoms with Crippen molar-refractivity contribution in [2.75, 3.05) is 13.2 Å². The zero-order valence-corrected chi connectivity index (χ0v) is 15.4. The number of halogens is 2. The van der Waals surface area contributed by atoms with Crippen molar-refractivity contribution in [2.45, 2.75) is 13.8 Å². The van der Waals surface area contributed by atoms with Crippen LogP contribution < -0.4 is 0 Å². The molecule has 0 radical (unpaired) electrons. The second kappa shape index (κ2) is 13.1. The predicted octanol–water partition coefficient (Wildman–Crippen LogP) is 3.55. The minimum atomic E-state index is -0.643. The van der Waals surface area contributed by atoms with Gasteiger partial charge in [0.25, 0.3) is 0 Å². The molecule has 0 aliphatic carbocycles. The molecule has 0 unspecified atom stereocenters. The molecule has 1 rings (SSSR count). The van der Waals surface area contributed by atoms with Crippen LogP contribution in [-0.4, -0.2) is 42.4 Å². The first kappa shape index (κ1) is 21.7. The average molecular weight is 406 g/mol. The molecule has 0 fully saturated rings. The number of hydrogen-bond donors (Lipinski definition) is 0. The van der Waals surface area contributed by atoms with Crippen LogP contribution in [0.5, 0.6) is 0 Å². The summed E-state index contributed by atoms with van der Waals surface area (Å²) in [5.74, 6) is 0. The first-order valence-electron chi connectivity index (χ1n) is 6.42. The van der Waals surface area contributed by atoms with Crippen LogP contribution in [0.1, 0.15) is 25.2 Å².